The molecule has 2 heteroatoms. The SMILES string of the molecule is Fc1ccc(-c2ccccc2C2CCNC2)cc1. The fourth-order valence-electron chi connectivity index (χ4n) is 2.67. The number of rotatable bonds is 2. The second-order valence-electron chi connectivity index (χ2n) is 4.78. The van der Waals surface area contributed by atoms with Crippen molar-refractivity contribution in [2.45, 2.75) is 12.3 Å². The summed E-state index contributed by atoms with van der Waals surface area (Å²) in [6, 6.07) is 15.2. The van der Waals surface area contributed by atoms with Gasteiger partial charge in [-0.15, -0.1) is 0 Å². The molecular formula is C16H16FN. The standard InChI is InChI=1S/C16H16FN/c17-14-7-5-12(6-8-14)15-3-1-2-4-16(15)13-9-10-18-11-13/h1-8,13,18H,9-11H2. The Kier molecular flexibility index (Phi) is 3.11. The van der Waals surface area contributed by atoms with E-state index in [2.05, 4.69) is 23.5 Å². The van der Waals surface area contributed by atoms with Crippen LogP contribution in [0, 0.1) is 5.82 Å². The van der Waals surface area contributed by atoms with Crippen LogP contribution in [0.2, 0.25) is 0 Å². The van der Waals surface area contributed by atoms with Crippen molar-refractivity contribution in [2.75, 3.05) is 13.1 Å². The van der Waals surface area contributed by atoms with Crippen LogP contribution < -0.4 is 5.32 Å². The number of halogens is 1. The first-order chi connectivity index (χ1) is 8.84. The first-order valence-electron chi connectivity index (χ1n) is 6.40. The fourth-order valence-corrected chi connectivity index (χ4v) is 2.67. The van der Waals surface area contributed by atoms with Crippen molar-refractivity contribution < 1.29 is 4.39 Å². The smallest absolute Gasteiger partial charge is 0.123 e. The molecule has 0 spiro atoms. The van der Waals surface area contributed by atoms with Crippen LogP contribution in [-0.4, -0.2) is 13.1 Å². The molecule has 1 aliphatic heterocycles. The molecule has 1 nitrogen and oxygen atoms in total. The zero-order valence-electron chi connectivity index (χ0n) is 10.2. The van der Waals surface area contributed by atoms with Gasteiger partial charge in [0.25, 0.3) is 0 Å². The van der Waals surface area contributed by atoms with E-state index >= 15 is 0 Å². The second-order valence-corrected chi connectivity index (χ2v) is 4.78. The van der Waals surface area contributed by atoms with Gasteiger partial charge in [-0.1, -0.05) is 36.4 Å². The highest BCUT2D eigenvalue weighted by Crippen LogP contribution is 2.32. The summed E-state index contributed by atoms with van der Waals surface area (Å²) >= 11 is 0. The highest BCUT2D eigenvalue weighted by atomic mass is 19.1. The molecule has 2 aromatic rings. The molecule has 18 heavy (non-hydrogen) atoms. The average molecular weight is 241 g/mol. The maximum absolute atomic E-state index is 13.0. The van der Waals surface area contributed by atoms with Crippen molar-refractivity contribution in [2.24, 2.45) is 0 Å². The summed E-state index contributed by atoms with van der Waals surface area (Å²) in [6.45, 7) is 2.13. The minimum atomic E-state index is -0.182. The highest BCUT2D eigenvalue weighted by Gasteiger charge is 2.19. The van der Waals surface area contributed by atoms with Crippen LogP contribution >= 0.6 is 0 Å². The van der Waals surface area contributed by atoms with E-state index in [-0.39, 0.29) is 5.82 Å². The van der Waals surface area contributed by atoms with Crippen LogP contribution in [0.5, 0.6) is 0 Å². The molecule has 92 valence electrons. The van der Waals surface area contributed by atoms with Gasteiger partial charge in [0.2, 0.25) is 0 Å². The van der Waals surface area contributed by atoms with Gasteiger partial charge in [0, 0.05) is 6.54 Å². The Bertz CT molecular complexity index is 527. The molecule has 1 N–H and O–H groups in total. The van der Waals surface area contributed by atoms with E-state index in [1.54, 1.807) is 0 Å². The van der Waals surface area contributed by atoms with Gasteiger partial charge in [0.15, 0.2) is 0 Å². The van der Waals surface area contributed by atoms with Crippen LogP contribution in [-0.2, 0) is 0 Å². The lowest BCUT2D eigenvalue weighted by Crippen LogP contribution is -2.08. The van der Waals surface area contributed by atoms with Gasteiger partial charge in [0.1, 0.15) is 5.82 Å². The Balaban J connectivity index is 2.03. The first-order valence-corrected chi connectivity index (χ1v) is 6.40. The zero-order chi connectivity index (χ0) is 12.4. The molecule has 0 amide bonds. The number of benzene rings is 2. The molecular weight excluding hydrogens is 225 g/mol. The van der Waals surface area contributed by atoms with Gasteiger partial charge in [-0.3, -0.25) is 0 Å². The monoisotopic (exact) mass is 241 g/mol. The van der Waals surface area contributed by atoms with E-state index in [0.29, 0.717) is 5.92 Å². The van der Waals surface area contributed by atoms with E-state index < -0.39 is 0 Å². The lowest BCUT2D eigenvalue weighted by Gasteiger charge is -2.15. The predicted octanol–water partition coefficient (Wildman–Crippen LogP) is 3.57. The van der Waals surface area contributed by atoms with Crippen molar-refractivity contribution in [3.8, 4) is 11.1 Å². The second kappa shape index (κ2) is 4.91. The Morgan fingerprint density at radius 2 is 1.78 bits per heavy atom. The van der Waals surface area contributed by atoms with Gasteiger partial charge in [-0.2, -0.15) is 0 Å². The van der Waals surface area contributed by atoms with Gasteiger partial charge in [-0.25, -0.2) is 4.39 Å². The third kappa shape index (κ3) is 2.16. The molecule has 0 bridgehead atoms. The van der Waals surface area contributed by atoms with Gasteiger partial charge >= 0.3 is 0 Å². The van der Waals surface area contributed by atoms with E-state index in [4.69, 9.17) is 0 Å². The predicted molar refractivity (Wildman–Crippen MR) is 72.1 cm³/mol. The average Bonchev–Trinajstić information content (AvgIpc) is 2.93. The van der Waals surface area contributed by atoms with Gasteiger partial charge < -0.3 is 5.32 Å². The van der Waals surface area contributed by atoms with E-state index in [1.165, 1.54) is 29.7 Å². The molecule has 3 rings (SSSR count). The first kappa shape index (κ1) is 11.4. The molecule has 2 aromatic carbocycles. The molecule has 1 aliphatic rings. The Hall–Kier alpha value is -1.67. The Morgan fingerprint density at radius 3 is 2.50 bits per heavy atom. The van der Waals surface area contributed by atoms with Gasteiger partial charge in [-0.05, 0) is 47.7 Å². The summed E-state index contributed by atoms with van der Waals surface area (Å²) in [6.07, 6.45) is 1.18. The zero-order valence-corrected chi connectivity index (χ0v) is 10.2. The molecule has 0 saturated carbocycles. The fraction of sp³-hybridized carbons (Fsp3) is 0.250. The van der Waals surface area contributed by atoms with Crippen molar-refractivity contribution in [3.05, 3.63) is 59.9 Å². The summed E-state index contributed by atoms with van der Waals surface area (Å²) < 4.78 is 13.0. The summed E-state index contributed by atoms with van der Waals surface area (Å²) in [5, 5.41) is 3.40. The lowest BCUT2D eigenvalue weighted by atomic mass is 9.90. The molecule has 1 fully saturated rings. The number of nitrogens with one attached hydrogen (secondary N) is 1. The van der Waals surface area contributed by atoms with Crippen LogP contribution in [0.3, 0.4) is 0 Å². The molecule has 0 aliphatic carbocycles. The quantitative estimate of drug-likeness (QED) is 0.847. The maximum Gasteiger partial charge on any atom is 0.123 e. The molecule has 1 heterocycles. The van der Waals surface area contributed by atoms with Gasteiger partial charge in [0.05, 0.1) is 0 Å². The summed E-state index contributed by atoms with van der Waals surface area (Å²) in [5.74, 6) is 0.394. The molecule has 0 aromatic heterocycles. The summed E-state index contributed by atoms with van der Waals surface area (Å²) in [7, 11) is 0. The largest absolute Gasteiger partial charge is 0.316 e. The maximum atomic E-state index is 13.0. The van der Waals surface area contributed by atoms with E-state index in [0.717, 1.165) is 18.7 Å². The normalized spacial score (nSPS) is 19.1. The molecule has 1 atom stereocenters. The van der Waals surface area contributed by atoms with Crippen LogP contribution in [0.4, 0.5) is 4.39 Å². The summed E-state index contributed by atoms with van der Waals surface area (Å²) in [5.41, 5.74) is 3.69. The number of hydrogen-bond donors (Lipinski definition) is 1. The number of hydrogen-bond acceptors (Lipinski definition) is 1. The highest BCUT2D eigenvalue weighted by molar-refractivity contribution is 5.68. The Labute approximate surface area is 107 Å². The third-order valence-corrected chi connectivity index (χ3v) is 3.62. The molecule has 1 unspecified atom stereocenters. The van der Waals surface area contributed by atoms with Crippen molar-refractivity contribution in [1.82, 2.24) is 5.32 Å². The van der Waals surface area contributed by atoms with Crippen LogP contribution in [0.25, 0.3) is 11.1 Å². The minimum Gasteiger partial charge on any atom is -0.316 e. The third-order valence-electron chi connectivity index (χ3n) is 3.62. The van der Waals surface area contributed by atoms with E-state index in [1.807, 2.05) is 18.2 Å². The van der Waals surface area contributed by atoms with Crippen LogP contribution in [0.15, 0.2) is 48.5 Å². The van der Waals surface area contributed by atoms with Crippen molar-refractivity contribution in [1.29, 1.82) is 0 Å². The van der Waals surface area contributed by atoms with E-state index in [9.17, 15) is 4.39 Å². The van der Waals surface area contributed by atoms with Crippen molar-refractivity contribution in [3.63, 3.8) is 0 Å². The lowest BCUT2D eigenvalue weighted by molar-refractivity contribution is 0.628. The topological polar surface area (TPSA) is 12.0 Å². The molecule has 0 radical (unpaired) electrons. The van der Waals surface area contributed by atoms with Crippen LogP contribution in [0.1, 0.15) is 17.9 Å². The Morgan fingerprint density at radius 1 is 1.00 bits per heavy atom. The summed E-state index contributed by atoms with van der Waals surface area (Å²) in [4.78, 5) is 0. The molecule has 1 saturated heterocycles. The van der Waals surface area contributed by atoms with Crippen molar-refractivity contribution >= 4 is 0 Å². The minimum absolute atomic E-state index is 0.182.